The zero-order chi connectivity index (χ0) is 18.5. The maximum atomic E-state index is 12.7. The van der Waals surface area contributed by atoms with Crippen LogP contribution in [0, 0.1) is 0 Å². The van der Waals surface area contributed by atoms with Crippen molar-refractivity contribution in [2.24, 2.45) is 0 Å². The molecule has 1 unspecified atom stereocenters. The Morgan fingerprint density at radius 3 is 2.62 bits per heavy atom. The lowest BCUT2D eigenvalue weighted by Gasteiger charge is -2.34. The molecule has 0 radical (unpaired) electrons. The van der Waals surface area contributed by atoms with E-state index in [9.17, 15) is 14.7 Å². The van der Waals surface area contributed by atoms with Gasteiger partial charge in [-0.25, -0.2) is 4.79 Å². The van der Waals surface area contributed by atoms with E-state index >= 15 is 0 Å². The van der Waals surface area contributed by atoms with Crippen molar-refractivity contribution >= 4 is 23.6 Å². The molecule has 5 nitrogen and oxygen atoms in total. The van der Waals surface area contributed by atoms with Gasteiger partial charge in [-0.1, -0.05) is 24.3 Å². The van der Waals surface area contributed by atoms with Crippen LogP contribution >= 0.6 is 11.8 Å². The molecule has 1 aliphatic heterocycles. The third-order valence-corrected chi connectivity index (χ3v) is 5.33. The lowest BCUT2D eigenvalue weighted by Crippen LogP contribution is -2.44. The molecule has 6 heteroatoms. The Balaban J connectivity index is 1.68. The fraction of sp³-hybridized carbons (Fsp3) is 0.300. The van der Waals surface area contributed by atoms with Crippen LogP contribution in [0.3, 0.4) is 0 Å². The number of benzene rings is 2. The van der Waals surface area contributed by atoms with Crippen LogP contribution in [0.2, 0.25) is 0 Å². The van der Waals surface area contributed by atoms with Crippen molar-refractivity contribution in [2.45, 2.75) is 24.3 Å². The van der Waals surface area contributed by atoms with Crippen LogP contribution in [0.1, 0.15) is 24.1 Å². The summed E-state index contributed by atoms with van der Waals surface area (Å²) in [5.74, 6) is -0.149. The Morgan fingerprint density at radius 1 is 1.19 bits per heavy atom. The summed E-state index contributed by atoms with van der Waals surface area (Å²) in [7, 11) is 0. The summed E-state index contributed by atoms with van der Waals surface area (Å²) in [6.07, 6.45) is 0.680. The summed E-state index contributed by atoms with van der Waals surface area (Å²) in [6, 6.07) is 14.1. The molecule has 136 valence electrons. The summed E-state index contributed by atoms with van der Waals surface area (Å²) in [4.78, 5) is 26.9. The highest BCUT2D eigenvalue weighted by Gasteiger charge is 2.35. The molecule has 0 fully saturated rings. The predicted octanol–water partition coefficient (Wildman–Crippen LogP) is 3.39. The van der Waals surface area contributed by atoms with Crippen LogP contribution in [0.15, 0.2) is 53.4 Å². The van der Waals surface area contributed by atoms with Crippen LogP contribution in [-0.2, 0) is 16.0 Å². The second-order valence-electron chi connectivity index (χ2n) is 5.97. The topological polar surface area (TPSA) is 66.8 Å². The van der Waals surface area contributed by atoms with Gasteiger partial charge < -0.3 is 14.7 Å². The number of hydrogen-bond donors (Lipinski definition) is 1. The monoisotopic (exact) mass is 371 g/mol. The fourth-order valence-electron chi connectivity index (χ4n) is 3.13. The molecule has 1 aliphatic rings. The molecule has 0 bridgehead atoms. The maximum Gasteiger partial charge on any atom is 0.331 e. The molecular weight excluding hydrogens is 350 g/mol. The van der Waals surface area contributed by atoms with Crippen LogP contribution in [0.4, 0.5) is 0 Å². The number of amides is 1. The van der Waals surface area contributed by atoms with Crippen molar-refractivity contribution in [1.82, 2.24) is 4.90 Å². The predicted molar refractivity (Wildman–Crippen MR) is 101 cm³/mol. The van der Waals surface area contributed by atoms with Gasteiger partial charge in [0.05, 0.1) is 12.4 Å². The van der Waals surface area contributed by atoms with Crippen molar-refractivity contribution in [3.05, 3.63) is 59.7 Å². The first kappa shape index (κ1) is 18.3. The number of carbonyl (C=O) groups is 2. The quantitative estimate of drug-likeness (QED) is 0.789. The van der Waals surface area contributed by atoms with Crippen molar-refractivity contribution in [1.29, 1.82) is 0 Å². The Hall–Kier alpha value is -2.47. The Morgan fingerprint density at radius 2 is 1.92 bits per heavy atom. The fourth-order valence-corrected chi connectivity index (χ4v) is 3.91. The summed E-state index contributed by atoms with van der Waals surface area (Å²) in [6.45, 7) is 2.96. The highest BCUT2D eigenvalue weighted by molar-refractivity contribution is 8.00. The van der Waals surface area contributed by atoms with Gasteiger partial charge in [0, 0.05) is 11.4 Å². The van der Waals surface area contributed by atoms with Gasteiger partial charge in [0.2, 0.25) is 5.91 Å². The largest absolute Gasteiger partial charge is 0.494 e. The lowest BCUT2D eigenvalue weighted by molar-refractivity contribution is -0.150. The van der Waals surface area contributed by atoms with Gasteiger partial charge in [0.25, 0.3) is 0 Å². The molecule has 1 atom stereocenters. The number of carbonyl (C=O) groups excluding carboxylic acids is 1. The number of thioether (sulfide) groups is 1. The number of fused-ring (bicyclic) bond motifs is 1. The van der Waals surface area contributed by atoms with E-state index in [0.29, 0.717) is 25.1 Å². The number of nitrogens with zero attached hydrogens (tertiary/aromatic N) is 1. The minimum absolute atomic E-state index is 0.161. The number of carboxylic acids is 1. The molecule has 1 amide bonds. The van der Waals surface area contributed by atoms with Crippen LogP contribution in [0.25, 0.3) is 0 Å². The summed E-state index contributed by atoms with van der Waals surface area (Å²) in [5, 5.41) is 9.66. The Labute approximate surface area is 157 Å². The summed E-state index contributed by atoms with van der Waals surface area (Å²) in [5.41, 5.74) is 1.72. The van der Waals surface area contributed by atoms with E-state index in [4.69, 9.17) is 4.74 Å². The number of carboxylic acid groups (broad SMARTS) is 1. The van der Waals surface area contributed by atoms with Crippen LogP contribution in [-0.4, -0.2) is 40.8 Å². The molecule has 2 aromatic carbocycles. The summed E-state index contributed by atoms with van der Waals surface area (Å²) < 4.78 is 5.41. The van der Waals surface area contributed by atoms with E-state index in [0.717, 1.165) is 16.2 Å². The van der Waals surface area contributed by atoms with E-state index in [-0.39, 0.29) is 11.7 Å². The van der Waals surface area contributed by atoms with Gasteiger partial charge in [-0.2, -0.15) is 0 Å². The molecule has 0 spiro atoms. The van der Waals surface area contributed by atoms with E-state index in [1.807, 2.05) is 49.4 Å². The second-order valence-corrected chi connectivity index (χ2v) is 7.02. The highest BCUT2D eigenvalue weighted by Crippen LogP contribution is 2.31. The zero-order valence-corrected chi connectivity index (χ0v) is 15.4. The van der Waals surface area contributed by atoms with Gasteiger partial charge >= 0.3 is 5.97 Å². The first-order chi connectivity index (χ1) is 12.6. The normalized spacial score (nSPS) is 16.0. The van der Waals surface area contributed by atoms with Crippen molar-refractivity contribution < 1.29 is 19.4 Å². The Kier molecular flexibility index (Phi) is 5.83. The van der Waals surface area contributed by atoms with E-state index in [2.05, 4.69) is 0 Å². The summed E-state index contributed by atoms with van der Waals surface area (Å²) >= 11 is 1.40. The smallest absolute Gasteiger partial charge is 0.331 e. The van der Waals surface area contributed by atoms with E-state index < -0.39 is 12.0 Å². The maximum absolute atomic E-state index is 12.7. The highest BCUT2D eigenvalue weighted by atomic mass is 32.2. The molecule has 0 aromatic heterocycles. The SMILES string of the molecule is CCOc1ccc(SCC(=O)N2CCc3ccccc3C2C(=O)O)cc1. The minimum Gasteiger partial charge on any atom is -0.494 e. The van der Waals surface area contributed by atoms with Crippen molar-refractivity contribution in [3.8, 4) is 5.75 Å². The number of aliphatic carboxylic acids is 1. The molecule has 2 aromatic rings. The molecule has 26 heavy (non-hydrogen) atoms. The van der Waals surface area contributed by atoms with Gasteiger partial charge in [-0.15, -0.1) is 11.8 Å². The average molecular weight is 371 g/mol. The standard InChI is InChI=1S/C20H21NO4S/c1-2-25-15-7-9-16(10-8-15)26-13-18(22)21-12-11-14-5-3-4-6-17(14)19(21)20(23)24/h3-10,19H,2,11-13H2,1H3,(H,23,24). The zero-order valence-electron chi connectivity index (χ0n) is 14.6. The van der Waals surface area contributed by atoms with Gasteiger partial charge in [0.1, 0.15) is 5.75 Å². The lowest BCUT2D eigenvalue weighted by atomic mass is 9.92. The van der Waals surface area contributed by atoms with E-state index in [1.54, 1.807) is 6.07 Å². The Bertz CT molecular complexity index is 791. The molecule has 1 heterocycles. The van der Waals surface area contributed by atoms with Crippen molar-refractivity contribution in [2.75, 3.05) is 18.9 Å². The van der Waals surface area contributed by atoms with Gasteiger partial charge in [-0.3, -0.25) is 4.79 Å². The number of hydrogen-bond acceptors (Lipinski definition) is 4. The molecule has 3 rings (SSSR count). The van der Waals surface area contributed by atoms with Crippen molar-refractivity contribution in [3.63, 3.8) is 0 Å². The molecule has 0 saturated carbocycles. The van der Waals surface area contributed by atoms with Gasteiger partial charge in [-0.05, 0) is 48.7 Å². The molecule has 0 aliphatic carbocycles. The minimum atomic E-state index is -0.989. The third-order valence-electron chi connectivity index (χ3n) is 4.33. The number of ether oxygens (including phenoxy) is 1. The first-order valence-electron chi connectivity index (χ1n) is 8.56. The van der Waals surface area contributed by atoms with Crippen LogP contribution in [0.5, 0.6) is 5.75 Å². The first-order valence-corrected chi connectivity index (χ1v) is 9.54. The molecular formula is C20H21NO4S. The molecule has 1 N–H and O–H groups in total. The van der Waals surface area contributed by atoms with Gasteiger partial charge in [0.15, 0.2) is 6.04 Å². The van der Waals surface area contributed by atoms with Crippen LogP contribution < -0.4 is 4.74 Å². The van der Waals surface area contributed by atoms with E-state index in [1.165, 1.54) is 16.7 Å². The second kappa shape index (κ2) is 8.27. The molecule has 0 saturated heterocycles. The third kappa shape index (κ3) is 4.02. The average Bonchev–Trinajstić information content (AvgIpc) is 2.66. The number of rotatable bonds is 6.